The maximum absolute atomic E-state index is 3.91. The van der Waals surface area contributed by atoms with Crippen molar-refractivity contribution in [3.8, 4) is 0 Å². The van der Waals surface area contributed by atoms with Crippen LogP contribution in [0.1, 0.15) is 22.2 Å². The van der Waals surface area contributed by atoms with Gasteiger partial charge in [-0.2, -0.15) is 5.10 Å². The van der Waals surface area contributed by atoms with Crippen molar-refractivity contribution in [1.29, 1.82) is 0 Å². The fourth-order valence-corrected chi connectivity index (χ4v) is 0.783. The van der Waals surface area contributed by atoms with Crippen LogP contribution in [0.2, 0.25) is 0 Å². The molecule has 0 aliphatic rings. The number of fused-ring (bicyclic) bond motifs is 1. The van der Waals surface area contributed by atoms with Gasteiger partial charge in [0.2, 0.25) is 0 Å². The molecule has 0 aromatic carbocycles. The summed E-state index contributed by atoms with van der Waals surface area (Å²) in [6, 6.07) is 1.92. The van der Waals surface area contributed by atoms with Crippen molar-refractivity contribution in [1.82, 2.24) is 15.2 Å². The molecular weight excluding hydrogens is 162 g/mol. The van der Waals surface area contributed by atoms with E-state index >= 15 is 0 Å². The highest BCUT2D eigenvalue weighted by atomic mass is 15.1. The Labute approximate surface area is 79.7 Å². The highest BCUT2D eigenvalue weighted by Gasteiger charge is 1.89. The zero-order valence-corrected chi connectivity index (χ0v) is 8.28. The van der Waals surface area contributed by atoms with E-state index in [1.54, 1.807) is 18.6 Å². The van der Waals surface area contributed by atoms with Crippen molar-refractivity contribution < 1.29 is 1.43 Å². The molecule has 2 aromatic heterocycles. The fraction of sp³-hybridized carbons (Fsp3) is 0.400. The zero-order valence-electron chi connectivity index (χ0n) is 8.28. The van der Waals surface area contributed by atoms with E-state index in [9.17, 15) is 0 Å². The van der Waals surface area contributed by atoms with Crippen LogP contribution in [-0.4, -0.2) is 15.2 Å². The molecule has 0 spiro atoms. The molecule has 1 N–H and O–H groups in total. The van der Waals surface area contributed by atoms with Gasteiger partial charge in [-0.3, -0.25) is 10.1 Å². The van der Waals surface area contributed by atoms with Gasteiger partial charge in [-0.15, -0.1) is 0 Å². The SMILES string of the molecule is CC(C)C.[HH].c1cc2cn[nH]c2cn1. The van der Waals surface area contributed by atoms with Crippen LogP contribution in [0.25, 0.3) is 10.9 Å². The second-order valence-electron chi connectivity index (χ2n) is 3.56. The summed E-state index contributed by atoms with van der Waals surface area (Å²) in [6.45, 7) is 6.50. The van der Waals surface area contributed by atoms with E-state index in [0.29, 0.717) is 0 Å². The number of aromatic amines is 1. The first-order valence-electron chi connectivity index (χ1n) is 4.43. The number of H-pyrrole nitrogens is 1. The van der Waals surface area contributed by atoms with Gasteiger partial charge in [0.25, 0.3) is 0 Å². The Kier molecular flexibility index (Phi) is 3.43. The lowest BCUT2D eigenvalue weighted by Crippen LogP contribution is -1.69. The third-order valence-electron chi connectivity index (χ3n) is 1.24. The predicted octanol–water partition coefficient (Wildman–Crippen LogP) is 2.87. The molecule has 0 amide bonds. The van der Waals surface area contributed by atoms with Crippen LogP contribution >= 0.6 is 0 Å². The lowest BCUT2D eigenvalue weighted by molar-refractivity contribution is 0.737. The van der Waals surface area contributed by atoms with Gasteiger partial charge in [-0.25, -0.2) is 0 Å². The lowest BCUT2D eigenvalue weighted by Gasteiger charge is -1.80. The Morgan fingerprint density at radius 3 is 2.62 bits per heavy atom. The Hall–Kier alpha value is -1.38. The van der Waals surface area contributed by atoms with E-state index in [0.717, 1.165) is 16.8 Å². The van der Waals surface area contributed by atoms with Crippen LogP contribution in [-0.2, 0) is 0 Å². The molecule has 72 valence electrons. The molecular formula is C10H17N3. The third kappa shape index (κ3) is 3.23. The van der Waals surface area contributed by atoms with E-state index in [2.05, 4.69) is 36.0 Å². The van der Waals surface area contributed by atoms with E-state index in [1.165, 1.54) is 0 Å². The second-order valence-corrected chi connectivity index (χ2v) is 3.56. The standard InChI is InChI=1S/C6H5N3.C4H10.H2/c1-2-7-4-6-5(1)3-8-9-6;1-4(2)3;/h1-4H,(H,8,9);4H,1-3H3;1H. The van der Waals surface area contributed by atoms with Crippen LogP contribution in [0.15, 0.2) is 24.7 Å². The Bertz CT molecular complexity index is 324. The maximum Gasteiger partial charge on any atom is 0.0833 e. The van der Waals surface area contributed by atoms with Crippen molar-refractivity contribution in [2.24, 2.45) is 5.92 Å². The number of hydrogen-bond acceptors (Lipinski definition) is 2. The summed E-state index contributed by atoms with van der Waals surface area (Å²) in [5, 5.41) is 7.75. The first-order valence-corrected chi connectivity index (χ1v) is 4.43. The van der Waals surface area contributed by atoms with E-state index < -0.39 is 0 Å². The second kappa shape index (κ2) is 4.60. The number of nitrogens with zero attached hydrogens (tertiary/aromatic N) is 2. The molecule has 0 radical (unpaired) electrons. The topological polar surface area (TPSA) is 41.6 Å². The summed E-state index contributed by atoms with van der Waals surface area (Å²) >= 11 is 0. The summed E-state index contributed by atoms with van der Waals surface area (Å²) in [4.78, 5) is 3.91. The molecule has 2 rings (SSSR count). The highest BCUT2D eigenvalue weighted by molar-refractivity contribution is 5.76. The van der Waals surface area contributed by atoms with Crippen LogP contribution in [0.4, 0.5) is 0 Å². The molecule has 0 saturated carbocycles. The van der Waals surface area contributed by atoms with Gasteiger partial charge in [0.1, 0.15) is 0 Å². The quantitative estimate of drug-likeness (QED) is 0.675. The Balaban J connectivity index is 0.000000299. The van der Waals surface area contributed by atoms with Crippen molar-refractivity contribution >= 4 is 10.9 Å². The fourth-order valence-electron chi connectivity index (χ4n) is 0.783. The molecule has 0 bridgehead atoms. The molecule has 0 aliphatic carbocycles. The van der Waals surface area contributed by atoms with Crippen LogP contribution in [0, 0.1) is 5.92 Å². The molecule has 3 heteroatoms. The van der Waals surface area contributed by atoms with Gasteiger partial charge < -0.3 is 0 Å². The van der Waals surface area contributed by atoms with Gasteiger partial charge in [0.15, 0.2) is 0 Å². The third-order valence-corrected chi connectivity index (χ3v) is 1.24. The minimum Gasteiger partial charge on any atom is -0.276 e. The number of nitrogens with one attached hydrogen (secondary N) is 1. The molecule has 0 atom stereocenters. The maximum atomic E-state index is 3.91. The highest BCUT2D eigenvalue weighted by Crippen LogP contribution is 2.04. The minimum atomic E-state index is 0. The van der Waals surface area contributed by atoms with E-state index in [-0.39, 0.29) is 1.43 Å². The van der Waals surface area contributed by atoms with Crippen molar-refractivity contribution in [3.05, 3.63) is 24.7 Å². The van der Waals surface area contributed by atoms with Gasteiger partial charge in [-0.05, 0) is 12.0 Å². The monoisotopic (exact) mass is 179 g/mol. The summed E-state index contributed by atoms with van der Waals surface area (Å²) < 4.78 is 0. The van der Waals surface area contributed by atoms with Crippen molar-refractivity contribution in [3.63, 3.8) is 0 Å². The first-order chi connectivity index (χ1) is 6.20. The number of aromatic nitrogens is 3. The van der Waals surface area contributed by atoms with Crippen LogP contribution < -0.4 is 0 Å². The normalized spacial score (nSPS) is 9.85. The Morgan fingerprint density at radius 1 is 1.31 bits per heavy atom. The smallest absolute Gasteiger partial charge is 0.0833 e. The molecule has 13 heavy (non-hydrogen) atoms. The average molecular weight is 179 g/mol. The van der Waals surface area contributed by atoms with Gasteiger partial charge in [0.05, 0.1) is 17.9 Å². The molecule has 0 saturated heterocycles. The van der Waals surface area contributed by atoms with Crippen molar-refractivity contribution in [2.75, 3.05) is 0 Å². The first kappa shape index (κ1) is 9.71. The minimum absolute atomic E-state index is 0. The molecule has 0 fully saturated rings. The molecule has 0 aliphatic heterocycles. The predicted molar refractivity (Wildman–Crippen MR) is 56.5 cm³/mol. The largest absolute Gasteiger partial charge is 0.276 e. The number of rotatable bonds is 0. The van der Waals surface area contributed by atoms with Gasteiger partial charge in [-0.1, -0.05) is 20.8 Å². The number of pyridine rings is 1. The Morgan fingerprint density at radius 2 is 2.00 bits per heavy atom. The number of hydrogen-bond donors (Lipinski definition) is 1. The molecule has 0 unspecified atom stereocenters. The average Bonchev–Trinajstić information content (AvgIpc) is 2.49. The van der Waals surface area contributed by atoms with Crippen molar-refractivity contribution in [2.45, 2.75) is 20.8 Å². The lowest BCUT2D eigenvalue weighted by atomic mass is 10.3. The molecule has 3 nitrogen and oxygen atoms in total. The summed E-state index contributed by atoms with van der Waals surface area (Å²) in [7, 11) is 0. The van der Waals surface area contributed by atoms with Gasteiger partial charge in [0, 0.05) is 13.0 Å². The zero-order chi connectivity index (χ0) is 9.68. The summed E-state index contributed by atoms with van der Waals surface area (Å²) in [5.41, 5.74) is 0.984. The summed E-state index contributed by atoms with van der Waals surface area (Å²) in [5.74, 6) is 0.833. The molecule has 2 heterocycles. The van der Waals surface area contributed by atoms with E-state index in [1.807, 2.05) is 6.07 Å². The van der Waals surface area contributed by atoms with Gasteiger partial charge >= 0.3 is 0 Å². The van der Waals surface area contributed by atoms with E-state index in [4.69, 9.17) is 0 Å². The molecule has 2 aromatic rings. The van der Waals surface area contributed by atoms with Crippen LogP contribution in [0.5, 0.6) is 0 Å². The van der Waals surface area contributed by atoms with Crippen LogP contribution in [0.3, 0.4) is 0 Å². The summed E-state index contributed by atoms with van der Waals surface area (Å²) in [6.07, 6.45) is 5.28.